The normalized spacial score (nSPS) is 13.5. The smallest absolute Gasteiger partial charge is 0.398 e. The van der Waals surface area contributed by atoms with E-state index in [-0.39, 0.29) is 28.6 Å². The van der Waals surface area contributed by atoms with Crippen molar-refractivity contribution >= 4 is 22.4 Å². The summed E-state index contributed by atoms with van der Waals surface area (Å²) in [5, 5.41) is 28.4. The average molecular weight is 470 g/mol. The van der Waals surface area contributed by atoms with E-state index in [1.54, 1.807) is 0 Å². The van der Waals surface area contributed by atoms with E-state index < -0.39 is 35.2 Å². The fraction of sp³-hybridized carbons (Fsp3) is 0.250. The molecule has 2 unspecified atom stereocenters. The van der Waals surface area contributed by atoms with Crippen LogP contribution in [0.25, 0.3) is 6.08 Å². The Bertz CT molecular complexity index is 1080. The van der Waals surface area contributed by atoms with Gasteiger partial charge in [-0.15, -0.1) is 0 Å². The van der Waals surface area contributed by atoms with Gasteiger partial charge in [0.15, 0.2) is 29.1 Å². The molecule has 0 aromatic heterocycles. The van der Waals surface area contributed by atoms with Gasteiger partial charge in [0.2, 0.25) is 0 Å². The Balaban J connectivity index is 2.44. The second-order valence-electron chi connectivity index (χ2n) is 6.30. The second kappa shape index (κ2) is 10.8. The number of phenolic OH excluding ortho intramolecular Hbond substituents is 1. The molecule has 0 saturated carbocycles. The Kier molecular flexibility index (Phi) is 8.43. The van der Waals surface area contributed by atoms with E-state index >= 15 is 0 Å². The van der Waals surface area contributed by atoms with E-state index in [9.17, 15) is 28.0 Å². The quantitative estimate of drug-likeness (QED) is 0.279. The van der Waals surface area contributed by atoms with Crippen molar-refractivity contribution in [1.29, 1.82) is 0 Å². The topological polar surface area (TPSA) is 169 Å². The van der Waals surface area contributed by atoms with Gasteiger partial charge < -0.3 is 29.5 Å². The number of ether oxygens (including phenoxy) is 3. The number of benzene rings is 2. The van der Waals surface area contributed by atoms with E-state index in [2.05, 4.69) is 0 Å². The lowest BCUT2D eigenvalue weighted by Crippen LogP contribution is -2.32. The highest BCUT2D eigenvalue weighted by atomic mass is 32.3. The molecule has 0 aliphatic rings. The SMILES string of the molecule is COc1cc(C(OS(=O)(=O)O)C(CO)Oc2ccc(/C=C/C(=O)O)cc2OC)ccc1O. The molecule has 2 aromatic rings. The first-order valence-corrected chi connectivity index (χ1v) is 10.3. The van der Waals surface area contributed by atoms with Crippen molar-refractivity contribution in [3.8, 4) is 23.0 Å². The Hall–Kier alpha value is -3.32. The molecule has 0 fully saturated rings. The summed E-state index contributed by atoms with van der Waals surface area (Å²) in [4.78, 5) is 10.7. The number of aromatic hydroxyl groups is 1. The molecule has 11 nitrogen and oxygen atoms in total. The Morgan fingerprint density at radius 1 is 1.06 bits per heavy atom. The molecule has 0 amide bonds. The summed E-state index contributed by atoms with van der Waals surface area (Å²) in [5.74, 6) is -1.14. The molecule has 0 aliphatic heterocycles. The van der Waals surface area contributed by atoms with Crippen LogP contribution < -0.4 is 14.2 Å². The Labute approximate surface area is 184 Å². The third-order valence-corrected chi connectivity index (χ3v) is 4.61. The highest BCUT2D eigenvalue weighted by molar-refractivity contribution is 7.80. The van der Waals surface area contributed by atoms with Crippen LogP contribution in [0.5, 0.6) is 23.0 Å². The third kappa shape index (κ3) is 6.85. The van der Waals surface area contributed by atoms with Crippen LogP contribution in [0.15, 0.2) is 42.5 Å². The molecule has 4 N–H and O–H groups in total. The van der Waals surface area contributed by atoms with E-state index in [0.717, 1.165) is 6.08 Å². The Morgan fingerprint density at radius 2 is 1.75 bits per heavy atom. The van der Waals surface area contributed by atoms with Crippen LogP contribution in [0.2, 0.25) is 0 Å². The van der Waals surface area contributed by atoms with Crippen molar-refractivity contribution in [3.05, 3.63) is 53.6 Å². The van der Waals surface area contributed by atoms with Gasteiger partial charge in [0.25, 0.3) is 0 Å². The van der Waals surface area contributed by atoms with Gasteiger partial charge in [-0.25, -0.2) is 8.98 Å². The van der Waals surface area contributed by atoms with Crippen molar-refractivity contribution in [1.82, 2.24) is 0 Å². The number of carboxylic acids is 1. The molecule has 0 heterocycles. The predicted molar refractivity (Wildman–Crippen MR) is 111 cm³/mol. The molecule has 2 aromatic carbocycles. The van der Waals surface area contributed by atoms with Crippen LogP contribution in [0, 0.1) is 0 Å². The van der Waals surface area contributed by atoms with Crippen molar-refractivity contribution in [2.75, 3.05) is 20.8 Å². The summed E-state index contributed by atoms with van der Waals surface area (Å²) in [6, 6.07) is 8.17. The van der Waals surface area contributed by atoms with Gasteiger partial charge in [0.1, 0.15) is 6.10 Å². The average Bonchev–Trinajstić information content (AvgIpc) is 2.74. The summed E-state index contributed by atoms with van der Waals surface area (Å²) >= 11 is 0. The van der Waals surface area contributed by atoms with Crippen molar-refractivity contribution in [3.63, 3.8) is 0 Å². The molecule has 2 atom stereocenters. The van der Waals surface area contributed by atoms with Gasteiger partial charge in [-0.2, -0.15) is 8.42 Å². The van der Waals surface area contributed by atoms with Crippen LogP contribution in [0.4, 0.5) is 0 Å². The summed E-state index contributed by atoms with van der Waals surface area (Å²) in [7, 11) is -2.37. The molecular weight excluding hydrogens is 448 g/mol. The van der Waals surface area contributed by atoms with E-state index in [0.29, 0.717) is 5.56 Å². The second-order valence-corrected chi connectivity index (χ2v) is 7.34. The van der Waals surface area contributed by atoms with Crippen molar-refractivity contribution in [2.45, 2.75) is 12.2 Å². The van der Waals surface area contributed by atoms with Gasteiger partial charge in [-0.3, -0.25) is 4.55 Å². The maximum atomic E-state index is 11.4. The number of rotatable bonds is 11. The zero-order valence-electron chi connectivity index (χ0n) is 17.0. The highest BCUT2D eigenvalue weighted by Crippen LogP contribution is 2.36. The maximum absolute atomic E-state index is 11.4. The van der Waals surface area contributed by atoms with Crippen LogP contribution in [-0.2, 0) is 19.4 Å². The molecular formula is C20H22O11S. The number of aliphatic carboxylic acids is 1. The third-order valence-electron chi connectivity index (χ3n) is 4.16. The molecule has 0 bridgehead atoms. The highest BCUT2D eigenvalue weighted by Gasteiger charge is 2.31. The molecule has 32 heavy (non-hydrogen) atoms. The molecule has 12 heteroatoms. The number of hydrogen-bond acceptors (Lipinski definition) is 9. The van der Waals surface area contributed by atoms with E-state index in [1.165, 1.54) is 56.7 Å². The molecule has 174 valence electrons. The lowest BCUT2D eigenvalue weighted by Gasteiger charge is -2.26. The van der Waals surface area contributed by atoms with Gasteiger partial charge in [0.05, 0.1) is 20.8 Å². The lowest BCUT2D eigenvalue weighted by atomic mass is 10.0. The first-order valence-electron chi connectivity index (χ1n) is 8.97. The zero-order valence-corrected chi connectivity index (χ0v) is 17.9. The standard InChI is InChI=1S/C20H22O11S/c1-28-16-10-13(5-6-14(16)22)20(31-32(25,26)27)18(11-21)30-15-7-3-12(4-8-19(23)24)9-17(15)29-2/h3-10,18,20-22H,11H2,1-2H3,(H,23,24)(H,25,26,27)/b8-4+. The lowest BCUT2D eigenvalue weighted by molar-refractivity contribution is -0.131. The number of methoxy groups -OCH3 is 2. The summed E-state index contributed by atoms with van der Waals surface area (Å²) in [6.45, 7) is -0.743. The number of aliphatic hydroxyl groups is 1. The minimum atomic E-state index is -4.98. The number of aliphatic hydroxyl groups excluding tert-OH is 1. The first-order chi connectivity index (χ1) is 15.1. The molecule has 0 aliphatic carbocycles. The van der Waals surface area contributed by atoms with Crippen LogP contribution >= 0.6 is 0 Å². The minimum Gasteiger partial charge on any atom is -0.504 e. The summed E-state index contributed by atoms with van der Waals surface area (Å²) in [5.41, 5.74) is 0.586. The van der Waals surface area contributed by atoms with Crippen LogP contribution in [0.1, 0.15) is 17.2 Å². The maximum Gasteiger partial charge on any atom is 0.398 e. The molecule has 2 rings (SSSR count). The molecule has 0 spiro atoms. The van der Waals surface area contributed by atoms with E-state index in [4.69, 9.17) is 23.5 Å². The number of phenols is 1. The fourth-order valence-corrected chi connectivity index (χ4v) is 3.24. The molecule has 0 radical (unpaired) electrons. The van der Waals surface area contributed by atoms with Gasteiger partial charge in [-0.1, -0.05) is 12.1 Å². The van der Waals surface area contributed by atoms with Crippen LogP contribution in [0.3, 0.4) is 0 Å². The molecule has 0 saturated heterocycles. The monoisotopic (exact) mass is 470 g/mol. The summed E-state index contributed by atoms with van der Waals surface area (Å²) in [6.07, 6.45) is -0.646. The summed E-state index contributed by atoms with van der Waals surface area (Å²) < 4.78 is 52.8. The number of hydrogen-bond donors (Lipinski definition) is 4. The largest absolute Gasteiger partial charge is 0.504 e. The first kappa shape index (κ1) is 24.9. The van der Waals surface area contributed by atoms with Gasteiger partial charge >= 0.3 is 16.4 Å². The van der Waals surface area contributed by atoms with Crippen LogP contribution in [-0.4, -0.2) is 61.2 Å². The van der Waals surface area contributed by atoms with Crippen molar-refractivity contribution < 1.29 is 51.5 Å². The fourth-order valence-electron chi connectivity index (χ4n) is 2.74. The minimum absolute atomic E-state index is 0.00437. The Morgan fingerprint density at radius 3 is 2.31 bits per heavy atom. The van der Waals surface area contributed by atoms with E-state index in [1.807, 2.05) is 0 Å². The van der Waals surface area contributed by atoms with Crippen molar-refractivity contribution in [2.24, 2.45) is 0 Å². The van der Waals surface area contributed by atoms with Gasteiger partial charge in [0, 0.05) is 6.08 Å². The van der Waals surface area contributed by atoms with Gasteiger partial charge in [-0.05, 0) is 41.5 Å². The number of carboxylic acid groups (broad SMARTS) is 1. The number of carbonyl (C=O) groups is 1. The zero-order chi connectivity index (χ0) is 23.9. The predicted octanol–water partition coefficient (Wildman–Crippen LogP) is 1.81.